The van der Waals surface area contributed by atoms with Gasteiger partial charge in [-0.1, -0.05) is 25.0 Å². The normalized spacial score (nSPS) is 15.4. The average molecular weight is 396 g/mol. The van der Waals surface area contributed by atoms with E-state index in [1.165, 1.54) is 0 Å². The molecule has 0 radical (unpaired) electrons. The van der Waals surface area contributed by atoms with Crippen molar-refractivity contribution in [3.63, 3.8) is 0 Å². The zero-order chi connectivity index (χ0) is 20.4. The third kappa shape index (κ3) is 3.85. The second-order valence-corrected chi connectivity index (χ2v) is 7.31. The van der Waals surface area contributed by atoms with E-state index in [1.807, 2.05) is 0 Å². The standard InChI is InChI=1S/C22H24N2O5/c1-24-17-11-12-28-19(17)13-18(24)22(26)29-20(14-7-9-16(27-2)10-8-14)21(25)23-15-5-3-4-6-15/h7-13,15,20H,3-6H2,1-2H3,(H,23,25)/t20-/m1/s1. The Kier molecular flexibility index (Phi) is 5.29. The maximum absolute atomic E-state index is 13.0. The van der Waals surface area contributed by atoms with Gasteiger partial charge in [-0.25, -0.2) is 4.79 Å². The van der Waals surface area contributed by atoms with Gasteiger partial charge in [0.05, 0.1) is 18.9 Å². The van der Waals surface area contributed by atoms with E-state index in [9.17, 15) is 9.59 Å². The summed E-state index contributed by atoms with van der Waals surface area (Å²) in [6, 6.07) is 10.5. The molecular weight excluding hydrogens is 372 g/mol. The minimum Gasteiger partial charge on any atom is -0.497 e. The molecule has 0 unspecified atom stereocenters. The number of carbonyl (C=O) groups excluding carboxylic acids is 2. The van der Waals surface area contributed by atoms with Crippen LogP contribution in [0.4, 0.5) is 0 Å². The first-order valence-corrected chi connectivity index (χ1v) is 9.75. The Morgan fingerprint density at radius 2 is 1.90 bits per heavy atom. The van der Waals surface area contributed by atoms with Crippen LogP contribution in [0.5, 0.6) is 5.75 Å². The molecule has 2 aromatic heterocycles. The predicted molar refractivity (Wildman–Crippen MR) is 107 cm³/mol. The molecule has 3 aromatic rings. The smallest absolute Gasteiger partial charge is 0.356 e. The number of aryl methyl sites for hydroxylation is 1. The largest absolute Gasteiger partial charge is 0.497 e. The fraction of sp³-hybridized carbons (Fsp3) is 0.364. The molecule has 0 aliphatic heterocycles. The van der Waals surface area contributed by atoms with Crippen molar-refractivity contribution in [2.45, 2.75) is 37.8 Å². The lowest BCUT2D eigenvalue weighted by atomic mass is 10.1. The number of aromatic nitrogens is 1. The van der Waals surface area contributed by atoms with Gasteiger partial charge in [0.15, 0.2) is 5.58 Å². The van der Waals surface area contributed by atoms with Gasteiger partial charge >= 0.3 is 5.97 Å². The van der Waals surface area contributed by atoms with Gasteiger partial charge in [0.2, 0.25) is 6.10 Å². The van der Waals surface area contributed by atoms with Crippen molar-refractivity contribution in [2.75, 3.05) is 7.11 Å². The minimum atomic E-state index is -1.05. The monoisotopic (exact) mass is 396 g/mol. The summed E-state index contributed by atoms with van der Waals surface area (Å²) in [4.78, 5) is 25.9. The topological polar surface area (TPSA) is 82.7 Å². The quantitative estimate of drug-likeness (QED) is 0.642. The van der Waals surface area contributed by atoms with Crippen LogP contribution in [0.3, 0.4) is 0 Å². The van der Waals surface area contributed by atoms with Crippen LogP contribution in [0.1, 0.15) is 47.8 Å². The molecular formula is C22H24N2O5. The SMILES string of the molecule is COc1ccc([C@@H](OC(=O)c2cc3occc3n2C)C(=O)NC2CCCC2)cc1. The number of hydrogen-bond acceptors (Lipinski definition) is 5. The summed E-state index contributed by atoms with van der Waals surface area (Å²) >= 11 is 0. The van der Waals surface area contributed by atoms with Gasteiger partial charge in [-0.15, -0.1) is 0 Å². The van der Waals surface area contributed by atoms with Gasteiger partial charge in [-0.2, -0.15) is 0 Å². The Hall–Kier alpha value is -3.22. The number of amides is 1. The maximum Gasteiger partial charge on any atom is 0.356 e. The molecule has 0 bridgehead atoms. The summed E-state index contributed by atoms with van der Waals surface area (Å²) in [6.45, 7) is 0. The lowest BCUT2D eigenvalue weighted by molar-refractivity contribution is -0.131. The van der Waals surface area contributed by atoms with Gasteiger partial charge in [0.25, 0.3) is 5.91 Å². The van der Waals surface area contributed by atoms with E-state index < -0.39 is 12.1 Å². The van der Waals surface area contributed by atoms with Crippen molar-refractivity contribution in [1.82, 2.24) is 9.88 Å². The molecule has 1 fully saturated rings. The van der Waals surface area contributed by atoms with Crippen molar-refractivity contribution < 1.29 is 23.5 Å². The van der Waals surface area contributed by atoms with Gasteiger partial charge in [0, 0.05) is 30.8 Å². The van der Waals surface area contributed by atoms with E-state index in [0.717, 1.165) is 31.2 Å². The summed E-state index contributed by atoms with van der Waals surface area (Å²) in [5.74, 6) is -0.229. The minimum absolute atomic E-state index is 0.124. The number of esters is 1. The van der Waals surface area contributed by atoms with Crippen molar-refractivity contribution in [3.8, 4) is 5.75 Å². The highest BCUT2D eigenvalue weighted by Gasteiger charge is 2.30. The zero-order valence-corrected chi connectivity index (χ0v) is 16.5. The zero-order valence-electron chi connectivity index (χ0n) is 16.5. The second-order valence-electron chi connectivity index (χ2n) is 7.31. The van der Waals surface area contributed by atoms with Crippen LogP contribution in [0.25, 0.3) is 11.1 Å². The molecule has 1 aliphatic carbocycles. The highest BCUT2D eigenvalue weighted by Crippen LogP contribution is 2.26. The maximum atomic E-state index is 13.0. The molecule has 29 heavy (non-hydrogen) atoms. The second kappa shape index (κ2) is 8.03. The van der Waals surface area contributed by atoms with Gasteiger partial charge < -0.3 is 23.8 Å². The van der Waals surface area contributed by atoms with Crippen LogP contribution < -0.4 is 10.1 Å². The van der Waals surface area contributed by atoms with Crippen molar-refractivity contribution in [1.29, 1.82) is 0 Å². The first kappa shape index (κ1) is 19.1. The molecule has 7 nitrogen and oxygen atoms in total. The number of methoxy groups -OCH3 is 1. The number of hydrogen-bond donors (Lipinski definition) is 1. The third-order valence-corrected chi connectivity index (χ3v) is 5.46. The highest BCUT2D eigenvalue weighted by molar-refractivity contribution is 5.95. The van der Waals surface area contributed by atoms with E-state index in [4.69, 9.17) is 13.9 Å². The first-order valence-electron chi connectivity index (χ1n) is 9.75. The Morgan fingerprint density at radius 3 is 2.55 bits per heavy atom. The molecule has 0 spiro atoms. The molecule has 4 rings (SSSR count). The summed E-state index contributed by atoms with van der Waals surface area (Å²) in [6.07, 6.45) is 4.61. The molecule has 0 saturated heterocycles. The molecule has 1 amide bonds. The van der Waals surface area contributed by atoms with Gasteiger partial charge in [-0.05, 0) is 25.0 Å². The van der Waals surface area contributed by atoms with E-state index in [-0.39, 0.29) is 11.9 Å². The fourth-order valence-corrected chi connectivity index (χ4v) is 3.81. The van der Waals surface area contributed by atoms with Gasteiger partial charge in [-0.3, -0.25) is 4.79 Å². The van der Waals surface area contributed by atoms with Crippen LogP contribution >= 0.6 is 0 Å². The third-order valence-electron chi connectivity index (χ3n) is 5.46. The van der Waals surface area contributed by atoms with Crippen molar-refractivity contribution >= 4 is 23.0 Å². The Balaban J connectivity index is 1.59. The van der Waals surface area contributed by atoms with Crippen LogP contribution in [0.2, 0.25) is 0 Å². The number of carbonyl (C=O) groups is 2. The summed E-state index contributed by atoms with van der Waals surface area (Å²) in [7, 11) is 3.33. The molecule has 1 aromatic carbocycles. The Morgan fingerprint density at radius 1 is 1.17 bits per heavy atom. The average Bonchev–Trinajstić information content (AvgIpc) is 3.46. The van der Waals surface area contributed by atoms with Crippen LogP contribution in [0, 0.1) is 0 Å². The van der Waals surface area contributed by atoms with Crippen molar-refractivity contribution in [2.24, 2.45) is 7.05 Å². The summed E-state index contributed by atoms with van der Waals surface area (Å²) < 4.78 is 17.9. The molecule has 2 heterocycles. The molecule has 152 valence electrons. The lowest BCUT2D eigenvalue weighted by Gasteiger charge is -2.21. The first-order chi connectivity index (χ1) is 14.1. The summed E-state index contributed by atoms with van der Waals surface area (Å²) in [5, 5.41) is 3.03. The molecule has 7 heteroatoms. The Bertz CT molecular complexity index is 1010. The molecule has 1 aliphatic rings. The van der Waals surface area contributed by atoms with Gasteiger partial charge in [0.1, 0.15) is 11.4 Å². The van der Waals surface area contributed by atoms with E-state index in [0.29, 0.717) is 22.6 Å². The number of rotatable bonds is 6. The van der Waals surface area contributed by atoms with Crippen LogP contribution in [-0.4, -0.2) is 29.6 Å². The molecule has 1 N–H and O–H groups in total. The van der Waals surface area contributed by atoms with Crippen LogP contribution in [0.15, 0.2) is 47.1 Å². The van der Waals surface area contributed by atoms with Crippen molar-refractivity contribution in [3.05, 3.63) is 53.9 Å². The summed E-state index contributed by atoms with van der Waals surface area (Å²) in [5.41, 5.74) is 2.29. The number of benzene rings is 1. The number of ether oxygens (including phenoxy) is 2. The molecule has 1 atom stereocenters. The van der Waals surface area contributed by atoms with E-state index in [1.54, 1.807) is 61.4 Å². The lowest BCUT2D eigenvalue weighted by Crippen LogP contribution is -2.38. The fourth-order valence-electron chi connectivity index (χ4n) is 3.81. The Labute approximate surface area is 168 Å². The number of nitrogens with one attached hydrogen (secondary N) is 1. The number of fused-ring (bicyclic) bond motifs is 1. The van der Waals surface area contributed by atoms with E-state index >= 15 is 0 Å². The molecule has 1 saturated carbocycles. The van der Waals surface area contributed by atoms with E-state index in [2.05, 4.69) is 5.32 Å². The van der Waals surface area contributed by atoms with Crippen LogP contribution in [-0.2, 0) is 16.6 Å². The highest BCUT2D eigenvalue weighted by atomic mass is 16.5. The number of furan rings is 1. The predicted octanol–water partition coefficient (Wildman–Crippen LogP) is 3.74. The number of nitrogens with zero attached hydrogens (tertiary/aromatic N) is 1.